The maximum Gasteiger partial charge on any atom is 0.102 e. The van der Waals surface area contributed by atoms with Crippen molar-refractivity contribution in [3.05, 3.63) is 0 Å². The van der Waals surface area contributed by atoms with Crippen LogP contribution in [0.25, 0.3) is 0 Å². The molecule has 0 aromatic rings. The highest BCUT2D eigenvalue weighted by atomic mass is 16.3. The van der Waals surface area contributed by atoms with Crippen LogP contribution >= 0.6 is 0 Å². The van der Waals surface area contributed by atoms with Crippen LogP contribution in [0.15, 0.2) is 0 Å². The third kappa shape index (κ3) is 7.01. The Morgan fingerprint density at radius 2 is 0.905 bits per heavy atom. The number of nitrogens with one attached hydrogen (secondary N) is 6. The number of hydrogen-bond acceptors (Lipinski definition) is 7. The maximum atomic E-state index is 10.7. The highest BCUT2D eigenvalue weighted by Crippen LogP contribution is 2.00. The van der Waals surface area contributed by atoms with Gasteiger partial charge in [0.05, 0.1) is 0 Å². The zero-order chi connectivity index (χ0) is 14.8. The van der Waals surface area contributed by atoms with Gasteiger partial charge in [-0.15, -0.1) is 0 Å². The molecule has 0 spiro atoms. The van der Waals surface area contributed by atoms with E-state index in [1.54, 1.807) is 0 Å². The lowest BCUT2D eigenvalue weighted by Gasteiger charge is -2.30. The van der Waals surface area contributed by atoms with Gasteiger partial charge in [0.1, 0.15) is 5.60 Å². The van der Waals surface area contributed by atoms with Gasteiger partial charge in [-0.25, -0.2) is 0 Å². The van der Waals surface area contributed by atoms with Gasteiger partial charge in [-0.1, -0.05) is 0 Å². The van der Waals surface area contributed by atoms with Gasteiger partial charge in [0.2, 0.25) is 0 Å². The van der Waals surface area contributed by atoms with Crippen molar-refractivity contribution < 1.29 is 5.11 Å². The molecular formula is C14H32N6O. The third-order valence-corrected chi connectivity index (χ3v) is 4.10. The molecule has 3 fully saturated rings. The molecule has 21 heavy (non-hydrogen) atoms. The van der Waals surface area contributed by atoms with Crippen molar-refractivity contribution in [2.24, 2.45) is 5.92 Å². The highest BCUT2D eigenvalue weighted by Gasteiger charge is 2.25. The predicted octanol–water partition coefficient (Wildman–Crippen LogP) is -3.10. The first kappa shape index (κ1) is 17.1. The second kappa shape index (κ2) is 9.68. The Kier molecular flexibility index (Phi) is 7.87. The van der Waals surface area contributed by atoms with Crippen molar-refractivity contribution in [1.29, 1.82) is 0 Å². The Balaban J connectivity index is 1.96. The zero-order valence-corrected chi connectivity index (χ0v) is 13.0. The van der Waals surface area contributed by atoms with Gasteiger partial charge in [0, 0.05) is 78.5 Å². The summed E-state index contributed by atoms with van der Waals surface area (Å²) >= 11 is 0. The lowest BCUT2D eigenvalue weighted by Crippen LogP contribution is -2.57. The van der Waals surface area contributed by atoms with Crippen LogP contribution in [0.2, 0.25) is 0 Å². The summed E-state index contributed by atoms with van der Waals surface area (Å²) in [6, 6.07) is 0. The first-order valence-corrected chi connectivity index (χ1v) is 8.25. The number of rotatable bonds is 0. The first-order valence-electron chi connectivity index (χ1n) is 8.25. The lowest BCUT2D eigenvalue weighted by molar-refractivity contribution is 0.0409. The fourth-order valence-corrected chi connectivity index (χ4v) is 2.82. The Hall–Kier alpha value is -0.280. The van der Waals surface area contributed by atoms with E-state index in [1.807, 2.05) is 0 Å². The van der Waals surface area contributed by atoms with E-state index in [-0.39, 0.29) is 0 Å². The van der Waals surface area contributed by atoms with E-state index >= 15 is 0 Å². The predicted molar refractivity (Wildman–Crippen MR) is 85.7 cm³/mol. The van der Waals surface area contributed by atoms with E-state index < -0.39 is 5.60 Å². The maximum absolute atomic E-state index is 10.7. The summed E-state index contributed by atoms with van der Waals surface area (Å²) in [4.78, 5) is 0. The molecule has 124 valence electrons. The summed E-state index contributed by atoms with van der Waals surface area (Å²) in [6.07, 6.45) is 0. The van der Waals surface area contributed by atoms with Crippen LogP contribution in [0, 0.1) is 5.92 Å². The quantitative estimate of drug-likeness (QED) is 0.255. The largest absolute Gasteiger partial charge is 0.386 e. The average Bonchev–Trinajstić information content (AvgIpc) is 2.48. The smallest absolute Gasteiger partial charge is 0.102 e. The van der Waals surface area contributed by atoms with E-state index in [0.29, 0.717) is 25.6 Å². The van der Waals surface area contributed by atoms with Gasteiger partial charge in [-0.2, -0.15) is 0 Å². The molecule has 7 heteroatoms. The van der Waals surface area contributed by atoms with E-state index in [1.165, 1.54) is 0 Å². The average molecular weight is 300 g/mol. The normalized spacial score (nSPS) is 35.0. The van der Waals surface area contributed by atoms with Crippen molar-refractivity contribution in [3.8, 4) is 0 Å². The van der Waals surface area contributed by atoms with Gasteiger partial charge >= 0.3 is 0 Å². The van der Waals surface area contributed by atoms with Gasteiger partial charge in [-0.3, -0.25) is 0 Å². The molecule has 3 aliphatic rings. The first-order chi connectivity index (χ1) is 10.3. The molecule has 0 atom stereocenters. The summed E-state index contributed by atoms with van der Waals surface area (Å²) in [5.74, 6) is 0.604. The number of fused-ring (bicyclic) bond motifs is 15. The molecule has 0 aliphatic carbocycles. The molecule has 3 heterocycles. The lowest BCUT2D eigenvalue weighted by atomic mass is 10.0. The van der Waals surface area contributed by atoms with Crippen molar-refractivity contribution in [2.75, 3.05) is 78.5 Å². The van der Waals surface area contributed by atoms with Crippen LogP contribution in [-0.4, -0.2) is 89.2 Å². The summed E-state index contributed by atoms with van der Waals surface area (Å²) in [5, 5.41) is 31.4. The molecule has 0 amide bonds. The van der Waals surface area contributed by atoms with Crippen LogP contribution < -0.4 is 31.9 Å². The monoisotopic (exact) mass is 300 g/mol. The highest BCUT2D eigenvalue weighted by molar-refractivity contribution is 4.87. The number of aliphatic hydroxyl groups is 1. The summed E-state index contributed by atoms with van der Waals surface area (Å²) in [5.41, 5.74) is -0.739. The fourth-order valence-electron chi connectivity index (χ4n) is 2.82. The standard InChI is InChI=1S/C14H32N6O/c21-14-10-18-4-1-15-7-13(8-16-2-5-19-11-14)9-17-3-6-20-12-14/h13,15-21H,1-12H2. The molecule has 3 aliphatic heterocycles. The molecule has 0 aromatic heterocycles. The molecule has 3 saturated heterocycles. The van der Waals surface area contributed by atoms with Gasteiger partial charge in [0.25, 0.3) is 0 Å². The van der Waals surface area contributed by atoms with Crippen molar-refractivity contribution in [1.82, 2.24) is 31.9 Å². The number of hydrogen-bond donors (Lipinski definition) is 7. The van der Waals surface area contributed by atoms with Crippen LogP contribution in [0.1, 0.15) is 0 Å². The van der Waals surface area contributed by atoms with Gasteiger partial charge in [0.15, 0.2) is 0 Å². The molecule has 2 bridgehead atoms. The fraction of sp³-hybridized carbons (Fsp3) is 1.00. The molecule has 3 rings (SSSR count). The molecule has 0 unspecified atom stereocenters. The summed E-state index contributed by atoms with van der Waals surface area (Å²) in [6.45, 7) is 10.4. The Morgan fingerprint density at radius 1 is 0.571 bits per heavy atom. The molecule has 7 N–H and O–H groups in total. The molecule has 0 radical (unpaired) electrons. The van der Waals surface area contributed by atoms with E-state index in [9.17, 15) is 5.11 Å². The molecular weight excluding hydrogens is 268 g/mol. The van der Waals surface area contributed by atoms with Crippen LogP contribution in [0.4, 0.5) is 0 Å². The summed E-state index contributed by atoms with van der Waals surface area (Å²) < 4.78 is 0. The minimum Gasteiger partial charge on any atom is -0.386 e. The van der Waals surface area contributed by atoms with E-state index in [0.717, 1.165) is 58.9 Å². The topological polar surface area (TPSA) is 92.4 Å². The van der Waals surface area contributed by atoms with E-state index in [4.69, 9.17) is 0 Å². The Bertz CT molecular complexity index is 237. The van der Waals surface area contributed by atoms with Crippen molar-refractivity contribution in [3.63, 3.8) is 0 Å². The molecule has 0 saturated carbocycles. The van der Waals surface area contributed by atoms with Gasteiger partial charge in [-0.05, 0) is 5.92 Å². The Morgan fingerprint density at radius 3 is 1.29 bits per heavy atom. The second-order valence-corrected chi connectivity index (χ2v) is 6.23. The van der Waals surface area contributed by atoms with Gasteiger partial charge < -0.3 is 37.0 Å². The zero-order valence-electron chi connectivity index (χ0n) is 13.0. The van der Waals surface area contributed by atoms with Crippen LogP contribution in [0.3, 0.4) is 0 Å². The second-order valence-electron chi connectivity index (χ2n) is 6.23. The van der Waals surface area contributed by atoms with Crippen LogP contribution in [0.5, 0.6) is 0 Å². The minimum absolute atomic E-state index is 0.604. The molecule has 7 nitrogen and oxygen atoms in total. The van der Waals surface area contributed by atoms with Crippen molar-refractivity contribution >= 4 is 0 Å². The molecule has 0 aromatic carbocycles. The SMILES string of the molecule is OC12CNCCNCC(CNCCNC1)CNCCNC2. The minimum atomic E-state index is -0.739. The van der Waals surface area contributed by atoms with Crippen molar-refractivity contribution in [2.45, 2.75) is 5.60 Å². The summed E-state index contributed by atoms with van der Waals surface area (Å²) in [7, 11) is 0. The third-order valence-electron chi connectivity index (χ3n) is 4.10. The van der Waals surface area contributed by atoms with E-state index in [2.05, 4.69) is 31.9 Å². The Labute approximate surface area is 128 Å². The van der Waals surface area contributed by atoms with Crippen LogP contribution in [-0.2, 0) is 0 Å².